The van der Waals surface area contributed by atoms with E-state index in [4.69, 9.17) is 14.1 Å². The molecule has 1 aromatic rings. The maximum Gasteiger partial charge on any atom is 0.222 e. The normalized spacial score (nSPS) is 21.0. The van der Waals surface area contributed by atoms with Crippen molar-refractivity contribution in [3.05, 3.63) is 24.2 Å². The highest BCUT2D eigenvalue weighted by Gasteiger charge is 2.16. The van der Waals surface area contributed by atoms with Crippen molar-refractivity contribution in [2.45, 2.75) is 44.9 Å². The molecule has 2 aliphatic rings. The summed E-state index contributed by atoms with van der Waals surface area (Å²) in [6.45, 7) is 5.73. The van der Waals surface area contributed by atoms with Crippen molar-refractivity contribution in [1.29, 1.82) is 0 Å². The molecular formula is C21H34N4O3. The minimum Gasteiger partial charge on any atom is -0.469 e. The van der Waals surface area contributed by atoms with Gasteiger partial charge in [-0.05, 0) is 37.8 Å². The number of carbonyl (C=O) groups excluding carboxylic acids is 1. The summed E-state index contributed by atoms with van der Waals surface area (Å²) in [4.78, 5) is 18.9. The molecular weight excluding hydrogens is 356 g/mol. The smallest absolute Gasteiger partial charge is 0.222 e. The molecule has 2 N–H and O–H groups in total. The largest absolute Gasteiger partial charge is 0.469 e. The van der Waals surface area contributed by atoms with Crippen molar-refractivity contribution in [2.24, 2.45) is 10.9 Å². The number of likely N-dealkylation sites (tertiary alicyclic amines) is 1. The Labute approximate surface area is 167 Å². The summed E-state index contributed by atoms with van der Waals surface area (Å²) < 4.78 is 10.8. The number of nitrogens with one attached hydrogen (secondary N) is 2. The van der Waals surface area contributed by atoms with Gasteiger partial charge in [-0.15, -0.1) is 0 Å². The lowest BCUT2D eigenvalue weighted by atomic mass is 10.1. The quantitative estimate of drug-likeness (QED) is 0.384. The second-order valence-electron chi connectivity index (χ2n) is 7.65. The fourth-order valence-electron chi connectivity index (χ4n) is 3.63. The van der Waals surface area contributed by atoms with Crippen LogP contribution in [0.4, 0.5) is 0 Å². The van der Waals surface area contributed by atoms with Gasteiger partial charge in [-0.25, -0.2) is 0 Å². The molecule has 7 heteroatoms. The van der Waals surface area contributed by atoms with Gasteiger partial charge in [0, 0.05) is 58.1 Å². The standard InChI is InChI=1S/C21H34N4O3/c26-20-7-2-1-3-12-25(20)13-5-10-22-21(24-16-18-9-15-27-17-18)23-11-8-19-6-4-14-28-19/h4,6,14,18H,1-3,5,7-13,15-17H2,(H2,22,23,24). The fraction of sp³-hybridized carbons (Fsp3) is 0.714. The van der Waals surface area contributed by atoms with Crippen LogP contribution in [-0.4, -0.2) is 62.7 Å². The lowest BCUT2D eigenvalue weighted by molar-refractivity contribution is -0.130. The Morgan fingerprint density at radius 1 is 1.25 bits per heavy atom. The predicted molar refractivity (Wildman–Crippen MR) is 109 cm³/mol. The maximum absolute atomic E-state index is 12.1. The Balaban J connectivity index is 1.40. The zero-order valence-electron chi connectivity index (χ0n) is 16.8. The lowest BCUT2D eigenvalue weighted by Crippen LogP contribution is -2.40. The van der Waals surface area contributed by atoms with Gasteiger partial charge >= 0.3 is 0 Å². The van der Waals surface area contributed by atoms with E-state index in [1.807, 2.05) is 17.0 Å². The molecule has 2 saturated heterocycles. The number of amides is 1. The van der Waals surface area contributed by atoms with Gasteiger partial charge in [-0.1, -0.05) is 6.42 Å². The topological polar surface area (TPSA) is 79.1 Å². The molecule has 1 amide bonds. The van der Waals surface area contributed by atoms with Crippen molar-refractivity contribution in [3.63, 3.8) is 0 Å². The second kappa shape index (κ2) is 11.7. The van der Waals surface area contributed by atoms with E-state index in [0.29, 0.717) is 18.2 Å². The first-order chi connectivity index (χ1) is 13.8. The van der Waals surface area contributed by atoms with Crippen LogP contribution < -0.4 is 10.6 Å². The molecule has 1 unspecified atom stereocenters. The van der Waals surface area contributed by atoms with Crippen LogP contribution in [0.1, 0.15) is 44.3 Å². The van der Waals surface area contributed by atoms with Gasteiger partial charge in [-0.3, -0.25) is 9.79 Å². The molecule has 0 aliphatic carbocycles. The first-order valence-electron chi connectivity index (χ1n) is 10.7. The summed E-state index contributed by atoms with van der Waals surface area (Å²) in [6.07, 6.45) is 8.57. The van der Waals surface area contributed by atoms with Crippen LogP contribution in [0.5, 0.6) is 0 Å². The van der Waals surface area contributed by atoms with Crippen LogP contribution in [-0.2, 0) is 16.0 Å². The van der Waals surface area contributed by atoms with Crippen LogP contribution in [0, 0.1) is 5.92 Å². The number of hydrogen-bond donors (Lipinski definition) is 2. The summed E-state index contributed by atoms with van der Waals surface area (Å²) >= 11 is 0. The second-order valence-corrected chi connectivity index (χ2v) is 7.65. The molecule has 0 spiro atoms. The molecule has 0 aromatic carbocycles. The molecule has 0 bridgehead atoms. The first-order valence-corrected chi connectivity index (χ1v) is 10.7. The zero-order chi connectivity index (χ0) is 19.4. The first kappa shape index (κ1) is 20.7. The number of guanidine groups is 1. The van der Waals surface area contributed by atoms with E-state index in [1.54, 1.807) is 6.26 Å². The molecule has 0 saturated carbocycles. The molecule has 3 rings (SSSR count). The van der Waals surface area contributed by atoms with E-state index >= 15 is 0 Å². The average molecular weight is 391 g/mol. The van der Waals surface area contributed by atoms with E-state index in [0.717, 1.165) is 89.8 Å². The Morgan fingerprint density at radius 3 is 3.00 bits per heavy atom. The average Bonchev–Trinajstić information content (AvgIpc) is 3.37. The highest BCUT2D eigenvalue weighted by molar-refractivity contribution is 5.79. The Kier molecular flexibility index (Phi) is 8.68. The molecule has 156 valence electrons. The molecule has 7 nitrogen and oxygen atoms in total. The number of aliphatic imine (C=N–C) groups is 1. The zero-order valence-corrected chi connectivity index (χ0v) is 16.8. The predicted octanol–water partition coefficient (Wildman–Crippen LogP) is 2.19. The molecule has 2 aliphatic heterocycles. The van der Waals surface area contributed by atoms with Crippen LogP contribution in [0.15, 0.2) is 27.8 Å². The molecule has 28 heavy (non-hydrogen) atoms. The summed E-state index contributed by atoms with van der Waals surface area (Å²) in [5, 5.41) is 6.82. The van der Waals surface area contributed by atoms with Gasteiger partial charge < -0.3 is 24.7 Å². The monoisotopic (exact) mass is 390 g/mol. The van der Waals surface area contributed by atoms with E-state index in [2.05, 4.69) is 10.6 Å². The molecule has 0 radical (unpaired) electrons. The third-order valence-corrected chi connectivity index (χ3v) is 5.34. The maximum atomic E-state index is 12.1. The van der Waals surface area contributed by atoms with Gasteiger partial charge in [0.25, 0.3) is 0 Å². The number of nitrogens with zero attached hydrogens (tertiary/aromatic N) is 2. The van der Waals surface area contributed by atoms with Crippen molar-refractivity contribution in [3.8, 4) is 0 Å². The van der Waals surface area contributed by atoms with Crippen LogP contribution in [0.2, 0.25) is 0 Å². The molecule has 2 fully saturated rings. The van der Waals surface area contributed by atoms with Crippen LogP contribution in [0.3, 0.4) is 0 Å². The third kappa shape index (κ3) is 7.19. The fourth-order valence-corrected chi connectivity index (χ4v) is 3.63. The molecule has 1 aromatic heterocycles. The van der Waals surface area contributed by atoms with Gasteiger partial charge in [0.15, 0.2) is 5.96 Å². The number of furan rings is 1. The number of hydrogen-bond acceptors (Lipinski definition) is 4. The highest BCUT2D eigenvalue weighted by atomic mass is 16.5. The van der Waals surface area contributed by atoms with E-state index < -0.39 is 0 Å². The summed E-state index contributed by atoms with van der Waals surface area (Å²) in [5.74, 6) is 2.62. The van der Waals surface area contributed by atoms with Gasteiger partial charge in [-0.2, -0.15) is 0 Å². The molecule has 1 atom stereocenters. The Bertz CT molecular complexity index is 597. The van der Waals surface area contributed by atoms with Crippen LogP contribution in [0.25, 0.3) is 0 Å². The van der Waals surface area contributed by atoms with Gasteiger partial charge in [0.1, 0.15) is 5.76 Å². The lowest BCUT2D eigenvalue weighted by Gasteiger charge is -2.21. The van der Waals surface area contributed by atoms with Crippen LogP contribution >= 0.6 is 0 Å². The summed E-state index contributed by atoms with van der Waals surface area (Å²) in [7, 11) is 0. The molecule has 3 heterocycles. The van der Waals surface area contributed by atoms with E-state index in [-0.39, 0.29) is 0 Å². The summed E-state index contributed by atoms with van der Waals surface area (Å²) in [5.41, 5.74) is 0. The van der Waals surface area contributed by atoms with E-state index in [9.17, 15) is 4.79 Å². The SMILES string of the molecule is O=C1CCCCCN1CCCNC(=NCC1CCOC1)NCCc1ccco1. The van der Waals surface area contributed by atoms with Crippen molar-refractivity contribution < 1.29 is 13.9 Å². The van der Waals surface area contributed by atoms with Crippen molar-refractivity contribution in [1.82, 2.24) is 15.5 Å². The van der Waals surface area contributed by atoms with E-state index in [1.165, 1.54) is 6.42 Å². The number of carbonyl (C=O) groups is 1. The minimum absolute atomic E-state index is 0.309. The van der Waals surface area contributed by atoms with Crippen molar-refractivity contribution >= 4 is 11.9 Å². The van der Waals surface area contributed by atoms with Crippen molar-refractivity contribution in [2.75, 3.05) is 45.9 Å². The van der Waals surface area contributed by atoms with Gasteiger partial charge in [0.2, 0.25) is 5.91 Å². The minimum atomic E-state index is 0.309. The highest BCUT2D eigenvalue weighted by Crippen LogP contribution is 2.12. The number of ether oxygens (including phenoxy) is 1. The third-order valence-electron chi connectivity index (χ3n) is 5.34. The van der Waals surface area contributed by atoms with Gasteiger partial charge in [0.05, 0.1) is 12.9 Å². The Morgan fingerprint density at radius 2 is 2.18 bits per heavy atom. The Hall–Kier alpha value is -2.02. The summed E-state index contributed by atoms with van der Waals surface area (Å²) in [6, 6.07) is 3.90. The number of rotatable bonds is 9.